The Kier molecular flexibility index (Phi) is 3.57. The molecule has 1 fully saturated rings. The monoisotopic (exact) mass is 250 g/mol. The van der Waals surface area contributed by atoms with Gasteiger partial charge in [0.2, 0.25) is 0 Å². The minimum atomic E-state index is -0.483. The predicted molar refractivity (Wildman–Crippen MR) is 64.1 cm³/mol. The highest BCUT2D eigenvalue weighted by molar-refractivity contribution is 5.94. The van der Waals surface area contributed by atoms with Gasteiger partial charge in [-0.05, 0) is 25.8 Å². The number of benzene rings is 1. The summed E-state index contributed by atoms with van der Waals surface area (Å²) in [5.74, 6) is -0.321. The second kappa shape index (κ2) is 5.14. The van der Waals surface area contributed by atoms with Crippen molar-refractivity contribution in [3.63, 3.8) is 0 Å². The lowest BCUT2D eigenvalue weighted by Crippen LogP contribution is -2.35. The third-order valence-electron chi connectivity index (χ3n) is 2.88. The maximum absolute atomic E-state index is 12.1. The first kappa shape index (κ1) is 12.5. The zero-order chi connectivity index (χ0) is 13.1. The molecule has 1 amide bonds. The van der Waals surface area contributed by atoms with Gasteiger partial charge in [-0.25, -0.2) is 5.06 Å². The first-order chi connectivity index (χ1) is 8.59. The molecule has 0 aromatic heterocycles. The maximum atomic E-state index is 12.1. The Hall–Kier alpha value is -1.95. The van der Waals surface area contributed by atoms with Crippen molar-refractivity contribution >= 4 is 11.6 Å². The highest BCUT2D eigenvalue weighted by Gasteiger charge is 2.22. The summed E-state index contributed by atoms with van der Waals surface area (Å²) in [6, 6.07) is 4.47. The van der Waals surface area contributed by atoms with Gasteiger partial charge in [-0.1, -0.05) is 6.07 Å². The van der Waals surface area contributed by atoms with Crippen molar-refractivity contribution in [1.29, 1.82) is 0 Å². The second-order valence-electron chi connectivity index (χ2n) is 4.21. The highest BCUT2D eigenvalue weighted by atomic mass is 16.7. The van der Waals surface area contributed by atoms with Crippen LogP contribution in [0.25, 0.3) is 0 Å². The van der Waals surface area contributed by atoms with Crippen molar-refractivity contribution in [3.8, 4) is 0 Å². The molecule has 1 saturated heterocycles. The van der Waals surface area contributed by atoms with Crippen LogP contribution in [0, 0.1) is 17.0 Å². The molecule has 0 unspecified atom stereocenters. The zero-order valence-corrected chi connectivity index (χ0v) is 10.1. The van der Waals surface area contributed by atoms with Gasteiger partial charge in [-0.3, -0.25) is 19.7 Å². The van der Waals surface area contributed by atoms with E-state index in [2.05, 4.69) is 0 Å². The van der Waals surface area contributed by atoms with E-state index in [1.165, 1.54) is 11.1 Å². The fourth-order valence-corrected chi connectivity index (χ4v) is 1.84. The van der Waals surface area contributed by atoms with Crippen molar-refractivity contribution < 1.29 is 14.6 Å². The SMILES string of the molecule is Cc1ccc(C(=O)N2CCCCO2)cc1[N+](=O)[O-]. The molecule has 2 rings (SSSR count). The number of hydrogen-bond acceptors (Lipinski definition) is 4. The Morgan fingerprint density at radius 1 is 1.44 bits per heavy atom. The maximum Gasteiger partial charge on any atom is 0.277 e. The van der Waals surface area contributed by atoms with E-state index in [0.717, 1.165) is 12.8 Å². The Labute approximate surface area is 104 Å². The molecule has 0 spiro atoms. The van der Waals surface area contributed by atoms with Crippen LogP contribution >= 0.6 is 0 Å². The molecule has 0 atom stereocenters. The molecule has 0 aliphatic carbocycles. The van der Waals surface area contributed by atoms with Crippen LogP contribution in [0.1, 0.15) is 28.8 Å². The average molecular weight is 250 g/mol. The van der Waals surface area contributed by atoms with E-state index in [1.54, 1.807) is 19.1 Å². The fourth-order valence-electron chi connectivity index (χ4n) is 1.84. The summed E-state index contributed by atoms with van der Waals surface area (Å²) in [5.41, 5.74) is 0.781. The summed E-state index contributed by atoms with van der Waals surface area (Å²) in [7, 11) is 0. The summed E-state index contributed by atoms with van der Waals surface area (Å²) in [4.78, 5) is 27.6. The van der Waals surface area contributed by atoms with Crippen LogP contribution < -0.4 is 0 Å². The molecule has 1 aliphatic rings. The smallest absolute Gasteiger partial charge is 0.271 e. The normalized spacial score (nSPS) is 15.5. The Morgan fingerprint density at radius 3 is 2.83 bits per heavy atom. The van der Waals surface area contributed by atoms with Gasteiger partial charge in [0.05, 0.1) is 11.5 Å². The quantitative estimate of drug-likeness (QED) is 0.595. The lowest BCUT2D eigenvalue weighted by molar-refractivity contribution is -0.385. The number of carbonyl (C=O) groups excluding carboxylic acids is 1. The molecule has 6 nitrogen and oxygen atoms in total. The van der Waals surface area contributed by atoms with E-state index in [9.17, 15) is 14.9 Å². The number of aryl methyl sites for hydroxylation is 1. The molecule has 0 N–H and O–H groups in total. The fraction of sp³-hybridized carbons (Fsp3) is 0.417. The number of nitro benzene ring substituents is 1. The van der Waals surface area contributed by atoms with Gasteiger partial charge < -0.3 is 0 Å². The predicted octanol–water partition coefficient (Wildman–Crippen LogP) is 2.07. The van der Waals surface area contributed by atoms with Crippen LogP contribution in [-0.4, -0.2) is 29.0 Å². The van der Waals surface area contributed by atoms with E-state index >= 15 is 0 Å². The van der Waals surface area contributed by atoms with Gasteiger partial charge in [0, 0.05) is 23.7 Å². The van der Waals surface area contributed by atoms with Gasteiger partial charge in [0.15, 0.2) is 0 Å². The zero-order valence-electron chi connectivity index (χ0n) is 10.1. The van der Waals surface area contributed by atoms with Crippen LogP contribution in [0.15, 0.2) is 18.2 Å². The molecule has 18 heavy (non-hydrogen) atoms. The van der Waals surface area contributed by atoms with Crippen molar-refractivity contribution in [3.05, 3.63) is 39.4 Å². The largest absolute Gasteiger partial charge is 0.277 e. The van der Waals surface area contributed by atoms with Gasteiger partial charge in [0.25, 0.3) is 11.6 Å². The number of hydroxylamine groups is 2. The molecule has 1 heterocycles. The topological polar surface area (TPSA) is 72.7 Å². The molecule has 1 aromatic carbocycles. The number of nitro groups is 1. The lowest BCUT2D eigenvalue weighted by atomic mass is 10.1. The van der Waals surface area contributed by atoms with Crippen LogP contribution in [0.5, 0.6) is 0 Å². The van der Waals surface area contributed by atoms with E-state index in [4.69, 9.17) is 4.84 Å². The molecule has 0 saturated carbocycles. The number of carbonyl (C=O) groups is 1. The van der Waals surface area contributed by atoms with Crippen molar-refractivity contribution in [2.75, 3.05) is 13.2 Å². The second-order valence-corrected chi connectivity index (χ2v) is 4.21. The molecule has 1 aromatic rings. The van der Waals surface area contributed by atoms with E-state index in [0.29, 0.717) is 18.7 Å². The van der Waals surface area contributed by atoms with E-state index < -0.39 is 4.92 Å². The Bertz CT molecular complexity index is 481. The first-order valence-corrected chi connectivity index (χ1v) is 5.79. The van der Waals surface area contributed by atoms with Gasteiger partial charge in [-0.15, -0.1) is 0 Å². The van der Waals surface area contributed by atoms with Crippen LogP contribution in [0.2, 0.25) is 0 Å². The Balaban J connectivity index is 2.24. The third kappa shape index (κ3) is 2.48. The van der Waals surface area contributed by atoms with Crippen molar-refractivity contribution in [2.45, 2.75) is 19.8 Å². The minimum absolute atomic E-state index is 0.0436. The molecule has 0 radical (unpaired) electrons. The molecular weight excluding hydrogens is 236 g/mol. The molecule has 0 bridgehead atoms. The van der Waals surface area contributed by atoms with Crippen LogP contribution in [-0.2, 0) is 4.84 Å². The van der Waals surface area contributed by atoms with Crippen LogP contribution in [0.3, 0.4) is 0 Å². The summed E-state index contributed by atoms with van der Waals surface area (Å²) in [5, 5.41) is 12.1. The van der Waals surface area contributed by atoms with E-state index in [-0.39, 0.29) is 17.2 Å². The number of nitrogens with zero attached hydrogens (tertiary/aromatic N) is 2. The number of amides is 1. The Morgan fingerprint density at radius 2 is 2.22 bits per heavy atom. The first-order valence-electron chi connectivity index (χ1n) is 5.79. The molecule has 96 valence electrons. The summed E-state index contributed by atoms with van der Waals surface area (Å²) < 4.78 is 0. The van der Waals surface area contributed by atoms with Gasteiger partial charge >= 0.3 is 0 Å². The van der Waals surface area contributed by atoms with Crippen molar-refractivity contribution in [2.24, 2.45) is 0 Å². The van der Waals surface area contributed by atoms with Gasteiger partial charge in [0.1, 0.15) is 0 Å². The average Bonchev–Trinajstić information content (AvgIpc) is 2.39. The standard InChI is InChI=1S/C12H14N2O4/c1-9-4-5-10(8-11(9)14(16)17)12(15)13-6-2-3-7-18-13/h4-5,8H,2-3,6-7H2,1H3. The number of rotatable bonds is 2. The summed E-state index contributed by atoms with van der Waals surface area (Å²) in [6.45, 7) is 2.68. The molecule has 6 heteroatoms. The van der Waals surface area contributed by atoms with Gasteiger partial charge in [-0.2, -0.15) is 0 Å². The van der Waals surface area contributed by atoms with Crippen molar-refractivity contribution in [1.82, 2.24) is 5.06 Å². The van der Waals surface area contributed by atoms with Crippen LogP contribution in [0.4, 0.5) is 5.69 Å². The minimum Gasteiger partial charge on any atom is -0.271 e. The number of hydrogen-bond donors (Lipinski definition) is 0. The third-order valence-corrected chi connectivity index (χ3v) is 2.88. The summed E-state index contributed by atoms with van der Waals surface area (Å²) >= 11 is 0. The lowest BCUT2D eigenvalue weighted by Gasteiger charge is -2.25. The molecule has 1 aliphatic heterocycles. The highest BCUT2D eigenvalue weighted by Crippen LogP contribution is 2.21. The summed E-state index contributed by atoms with van der Waals surface area (Å²) in [6.07, 6.45) is 1.82. The molecular formula is C12H14N2O4. The van der Waals surface area contributed by atoms with E-state index in [1.807, 2.05) is 0 Å².